The number of furan rings is 1. The molecular formula is C15H15FN2O3. The van der Waals surface area contributed by atoms with Crippen LogP contribution < -0.4 is 11.1 Å². The fraction of sp³-hybridized carbons (Fsp3) is 0.200. The van der Waals surface area contributed by atoms with E-state index < -0.39 is 17.6 Å². The highest BCUT2D eigenvalue weighted by atomic mass is 19.1. The molecule has 2 amide bonds. The Bertz CT molecular complexity index is 652. The first-order valence-electron chi connectivity index (χ1n) is 6.49. The maximum absolute atomic E-state index is 13.6. The molecule has 0 saturated carbocycles. The van der Waals surface area contributed by atoms with E-state index in [0.717, 1.165) is 0 Å². The van der Waals surface area contributed by atoms with E-state index in [-0.39, 0.29) is 17.9 Å². The van der Waals surface area contributed by atoms with Gasteiger partial charge in [-0.15, -0.1) is 0 Å². The van der Waals surface area contributed by atoms with Gasteiger partial charge in [0, 0.05) is 13.0 Å². The van der Waals surface area contributed by atoms with E-state index in [1.54, 1.807) is 18.2 Å². The number of halogens is 1. The summed E-state index contributed by atoms with van der Waals surface area (Å²) in [5, 5.41) is 2.60. The number of hydrogen-bond acceptors (Lipinski definition) is 3. The van der Waals surface area contributed by atoms with Crippen molar-refractivity contribution in [2.75, 3.05) is 6.54 Å². The highest BCUT2D eigenvalue weighted by Gasteiger charge is 2.13. The molecule has 0 aliphatic rings. The monoisotopic (exact) mass is 290 g/mol. The third-order valence-electron chi connectivity index (χ3n) is 2.85. The molecule has 5 nitrogen and oxygen atoms in total. The van der Waals surface area contributed by atoms with Crippen molar-refractivity contribution in [3.05, 3.63) is 48.0 Å². The Labute approximate surface area is 120 Å². The zero-order valence-corrected chi connectivity index (χ0v) is 11.3. The summed E-state index contributed by atoms with van der Waals surface area (Å²) in [7, 11) is 0. The molecule has 6 heteroatoms. The summed E-state index contributed by atoms with van der Waals surface area (Å²) < 4.78 is 19.0. The van der Waals surface area contributed by atoms with Crippen LogP contribution in [0.3, 0.4) is 0 Å². The van der Waals surface area contributed by atoms with Gasteiger partial charge in [-0.3, -0.25) is 9.59 Å². The van der Waals surface area contributed by atoms with Gasteiger partial charge in [0.25, 0.3) is 5.91 Å². The van der Waals surface area contributed by atoms with Crippen LogP contribution in [-0.2, 0) is 4.79 Å². The molecule has 3 N–H and O–H groups in total. The van der Waals surface area contributed by atoms with Crippen LogP contribution in [0.15, 0.2) is 40.8 Å². The van der Waals surface area contributed by atoms with Gasteiger partial charge in [-0.05, 0) is 30.7 Å². The standard InChI is InChI=1S/C15H15FN2O3/c16-11-5-2-1-4-10(11)12-7-8-13(21-12)15(20)18-9-3-6-14(17)19/h1-2,4-5,7-8H,3,6,9H2,(H2,17,19)(H,18,20). The third-order valence-corrected chi connectivity index (χ3v) is 2.85. The molecule has 0 bridgehead atoms. The second-order valence-electron chi connectivity index (χ2n) is 4.47. The Kier molecular flexibility index (Phi) is 4.71. The molecule has 0 saturated heterocycles. The predicted octanol–water partition coefficient (Wildman–Crippen LogP) is 2.08. The van der Waals surface area contributed by atoms with Crippen molar-refractivity contribution in [2.45, 2.75) is 12.8 Å². The fourth-order valence-electron chi connectivity index (χ4n) is 1.82. The largest absolute Gasteiger partial charge is 0.451 e. The quantitative estimate of drug-likeness (QED) is 0.799. The van der Waals surface area contributed by atoms with Crippen molar-refractivity contribution in [3.63, 3.8) is 0 Å². The van der Waals surface area contributed by atoms with Crippen LogP contribution >= 0.6 is 0 Å². The lowest BCUT2D eigenvalue weighted by Gasteiger charge is -2.02. The number of rotatable bonds is 6. The smallest absolute Gasteiger partial charge is 0.287 e. The molecule has 1 aromatic heterocycles. The second-order valence-corrected chi connectivity index (χ2v) is 4.47. The number of primary amides is 1. The molecule has 0 aliphatic carbocycles. The Hall–Kier alpha value is -2.63. The Morgan fingerprint density at radius 2 is 1.95 bits per heavy atom. The van der Waals surface area contributed by atoms with Crippen LogP contribution in [0.2, 0.25) is 0 Å². The van der Waals surface area contributed by atoms with Crippen molar-refractivity contribution in [2.24, 2.45) is 5.73 Å². The van der Waals surface area contributed by atoms with E-state index in [1.807, 2.05) is 0 Å². The summed E-state index contributed by atoms with van der Waals surface area (Å²) in [4.78, 5) is 22.4. The van der Waals surface area contributed by atoms with E-state index >= 15 is 0 Å². The molecule has 21 heavy (non-hydrogen) atoms. The Morgan fingerprint density at radius 1 is 1.19 bits per heavy atom. The molecule has 1 aromatic carbocycles. The molecule has 110 valence electrons. The minimum absolute atomic E-state index is 0.0901. The SMILES string of the molecule is NC(=O)CCCNC(=O)c1ccc(-c2ccccc2F)o1. The summed E-state index contributed by atoms with van der Waals surface area (Å²) in [5.41, 5.74) is 5.29. The van der Waals surface area contributed by atoms with Crippen molar-refractivity contribution in [1.82, 2.24) is 5.32 Å². The number of carbonyl (C=O) groups is 2. The zero-order valence-electron chi connectivity index (χ0n) is 11.3. The van der Waals surface area contributed by atoms with Gasteiger partial charge in [0.05, 0.1) is 5.56 Å². The van der Waals surface area contributed by atoms with Crippen LogP contribution in [0.1, 0.15) is 23.4 Å². The van der Waals surface area contributed by atoms with Gasteiger partial charge in [-0.1, -0.05) is 12.1 Å². The van der Waals surface area contributed by atoms with Crippen molar-refractivity contribution >= 4 is 11.8 Å². The van der Waals surface area contributed by atoms with Crippen LogP contribution in [0.5, 0.6) is 0 Å². The highest BCUT2D eigenvalue weighted by Crippen LogP contribution is 2.24. The molecule has 1 heterocycles. The number of nitrogens with one attached hydrogen (secondary N) is 1. The molecule has 0 radical (unpaired) electrons. The Morgan fingerprint density at radius 3 is 2.67 bits per heavy atom. The second kappa shape index (κ2) is 6.69. The number of benzene rings is 1. The number of nitrogens with two attached hydrogens (primary N) is 1. The van der Waals surface area contributed by atoms with Gasteiger partial charge in [0.2, 0.25) is 5.91 Å². The highest BCUT2D eigenvalue weighted by molar-refractivity contribution is 5.92. The lowest BCUT2D eigenvalue weighted by atomic mass is 10.1. The van der Waals surface area contributed by atoms with E-state index in [0.29, 0.717) is 18.5 Å². The lowest BCUT2D eigenvalue weighted by Crippen LogP contribution is -2.25. The van der Waals surface area contributed by atoms with E-state index in [1.165, 1.54) is 18.2 Å². The summed E-state index contributed by atoms with van der Waals surface area (Å²) in [6.07, 6.45) is 0.668. The van der Waals surface area contributed by atoms with Gasteiger partial charge >= 0.3 is 0 Å². The maximum atomic E-state index is 13.6. The number of hydrogen-bond donors (Lipinski definition) is 2. The maximum Gasteiger partial charge on any atom is 0.287 e. The van der Waals surface area contributed by atoms with E-state index in [4.69, 9.17) is 10.2 Å². The summed E-state index contributed by atoms with van der Waals surface area (Å²) in [5.74, 6) is -0.867. The van der Waals surface area contributed by atoms with Gasteiger partial charge in [0.15, 0.2) is 5.76 Å². The third kappa shape index (κ3) is 3.92. The summed E-state index contributed by atoms with van der Waals surface area (Å²) in [6.45, 7) is 0.317. The topological polar surface area (TPSA) is 85.3 Å². The molecule has 2 rings (SSSR count). The van der Waals surface area contributed by atoms with Crippen LogP contribution in [-0.4, -0.2) is 18.4 Å². The van der Waals surface area contributed by atoms with Gasteiger partial charge in [-0.25, -0.2) is 4.39 Å². The van der Waals surface area contributed by atoms with Crippen molar-refractivity contribution < 1.29 is 18.4 Å². The minimum Gasteiger partial charge on any atom is -0.451 e. The lowest BCUT2D eigenvalue weighted by molar-refractivity contribution is -0.118. The van der Waals surface area contributed by atoms with Crippen molar-refractivity contribution in [3.8, 4) is 11.3 Å². The first-order valence-corrected chi connectivity index (χ1v) is 6.49. The van der Waals surface area contributed by atoms with Crippen LogP contribution in [0.4, 0.5) is 4.39 Å². The Balaban J connectivity index is 1.98. The first-order chi connectivity index (χ1) is 10.1. The molecule has 0 atom stereocenters. The van der Waals surface area contributed by atoms with Gasteiger partial charge < -0.3 is 15.5 Å². The van der Waals surface area contributed by atoms with Crippen LogP contribution in [0, 0.1) is 5.82 Å². The van der Waals surface area contributed by atoms with Gasteiger partial charge in [-0.2, -0.15) is 0 Å². The van der Waals surface area contributed by atoms with E-state index in [2.05, 4.69) is 5.32 Å². The summed E-state index contributed by atoms with van der Waals surface area (Å²) >= 11 is 0. The zero-order chi connectivity index (χ0) is 15.2. The number of amides is 2. The van der Waals surface area contributed by atoms with Crippen LogP contribution in [0.25, 0.3) is 11.3 Å². The van der Waals surface area contributed by atoms with Gasteiger partial charge in [0.1, 0.15) is 11.6 Å². The molecule has 0 spiro atoms. The average Bonchev–Trinajstić information content (AvgIpc) is 2.93. The molecule has 2 aromatic rings. The minimum atomic E-state index is -0.416. The van der Waals surface area contributed by atoms with Crippen molar-refractivity contribution in [1.29, 1.82) is 0 Å². The fourth-order valence-corrected chi connectivity index (χ4v) is 1.82. The van der Waals surface area contributed by atoms with E-state index in [9.17, 15) is 14.0 Å². The molecule has 0 unspecified atom stereocenters. The summed E-state index contributed by atoms with van der Waals surface area (Å²) in [6, 6.07) is 9.17. The molecule has 0 aliphatic heterocycles. The average molecular weight is 290 g/mol. The number of carbonyl (C=O) groups excluding carboxylic acids is 2. The molecular weight excluding hydrogens is 275 g/mol. The predicted molar refractivity (Wildman–Crippen MR) is 74.9 cm³/mol. The first kappa shape index (κ1) is 14.8. The normalized spacial score (nSPS) is 10.3. The molecule has 0 fully saturated rings.